The van der Waals surface area contributed by atoms with Crippen LogP contribution >= 0.6 is 0 Å². The fourth-order valence-corrected chi connectivity index (χ4v) is 3.22. The molecule has 7 nitrogen and oxygen atoms in total. The molecule has 0 aromatic heterocycles. The van der Waals surface area contributed by atoms with Crippen LogP contribution in [0.2, 0.25) is 0 Å². The molecule has 10 heteroatoms. The zero-order valence-corrected chi connectivity index (χ0v) is 18.0. The molecule has 1 amide bonds. The summed E-state index contributed by atoms with van der Waals surface area (Å²) in [5.41, 5.74) is -1.42. The highest BCUT2D eigenvalue weighted by Gasteiger charge is 2.41. The third-order valence-electron chi connectivity index (χ3n) is 5.10. The number of ether oxygens (including phenoxy) is 5. The van der Waals surface area contributed by atoms with Gasteiger partial charge in [-0.2, -0.15) is 13.2 Å². The number of hydrogen-bond acceptors (Lipinski definition) is 6. The summed E-state index contributed by atoms with van der Waals surface area (Å²) < 4.78 is 66.5. The van der Waals surface area contributed by atoms with Gasteiger partial charge in [0.1, 0.15) is 5.75 Å². The molecule has 174 valence electrons. The van der Waals surface area contributed by atoms with Crippen molar-refractivity contribution in [3.63, 3.8) is 0 Å². The Morgan fingerprint density at radius 2 is 1.56 bits per heavy atom. The molecule has 0 spiro atoms. The van der Waals surface area contributed by atoms with Crippen LogP contribution in [-0.2, 0) is 20.4 Å². The van der Waals surface area contributed by atoms with E-state index >= 15 is 0 Å². The number of hydrogen-bond donors (Lipinski definition) is 1. The standard InChI is InChI=1S/C22H24F3NO6/c1-21(20(27)26-14-6-8-16(28-2)15(10-14)22(23,24)25)11-31-19(32-12-21)13-5-7-17(29-3)18(9-13)30-4/h5-10,19H,11-12H2,1-4H3,(H,26,27). The molecule has 2 aromatic rings. The lowest BCUT2D eigenvalue weighted by Gasteiger charge is -2.36. The van der Waals surface area contributed by atoms with Crippen LogP contribution < -0.4 is 19.5 Å². The third-order valence-corrected chi connectivity index (χ3v) is 5.10. The molecule has 32 heavy (non-hydrogen) atoms. The molecule has 1 fully saturated rings. The zero-order chi connectivity index (χ0) is 23.5. The highest BCUT2D eigenvalue weighted by molar-refractivity contribution is 5.95. The highest BCUT2D eigenvalue weighted by Crippen LogP contribution is 2.39. The molecule has 1 saturated heterocycles. The van der Waals surface area contributed by atoms with E-state index in [-0.39, 0.29) is 24.7 Å². The first-order chi connectivity index (χ1) is 15.1. The van der Waals surface area contributed by atoms with Crippen molar-refractivity contribution in [3.8, 4) is 17.2 Å². The van der Waals surface area contributed by atoms with Gasteiger partial charge in [0, 0.05) is 11.3 Å². The van der Waals surface area contributed by atoms with Crippen molar-refractivity contribution in [1.82, 2.24) is 0 Å². The average Bonchev–Trinajstić information content (AvgIpc) is 2.78. The lowest BCUT2D eigenvalue weighted by molar-refractivity contribution is -0.226. The van der Waals surface area contributed by atoms with E-state index in [2.05, 4.69) is 5.32 Å². The van der Waals surface area contributed by atoms with Crippen LogP contribution in [-0.4, -0.2) is 40.5 Å². The van der Waals surface area contributed by atoms with Crippen LogP contribution in [0, 0.1) is 5.41 Å². The van der Waals surface area contributed by atoms with Gasteiger partial charge >= 0.3 is 6.18 Å². The van der Waals surface area contributed by atoms with Crippen molar-refractivity contribution < 1.29 is 41.7 Å². The summed E-state index contributed by atoms with van der Waals surface area (Å²) in [4.78, 5) is 12.8. The van der Waals surface area contributed by atoms with Crippen molar-refractivity contribution in [1.29, 1.82) is 0 Å². The molecule has 3 rings (SSSR count). The summed E-state index contributed by atoms with van der Waals surface area (Å²) in [5.74, 6) is 0.197. The summed E-state index contributed by atoms with van der Waals surface area (Å²) in [6.45, 7) is 1.61. The second kappa shape index (κ2) is 9.25. The summed E-state index contributed by atoms with van der Waals surface area (Å²) in [7, 11) is 4.18. The quantitative estimate of drug-likeness (QED) is 0.695. The Balaban J connectivity index is 1.70. The van der Waals surface area contributed by atoms with Crippen LogP contribution in [0.25, 0.3) is 0 Å². The first-order valence-electron chi connectivity index (χ1n) is 9.63. The molecule has 0 aliphatic carbocycles. The van der Waals surface area contributed by atoms with Gasteiger partial charge in [0.15, 0.2) is 17.8 Å². The van der Waals surface area contributed by atoms with Gasteiger partial charge in [-0.25, -0.2) is 0 Å². The molecular formula is C22H24F3NO6. The molecule has 0 saturated carbocycles. The third kappa shape index (κ3) is 4.91. The van der Waals surface area contributed by atoms with E-state index in [1.807, 2.05) is 0 Å². The van der Waals surface area contributed by atoms with Gasteiger partial charge in [0.25, 0.3) is 0 Å². The van der Waals surface area contributed by atoms with E-state index < -0.39 is 29.4 Å². The Bertz CT molecular complexity index is 971. The van der Waals surface area contributed by atoms with Gasteiger partial charge in [-0.15, -0.1) is 0 Å². The number of nitrogens with one attached hydrogen (secondary N) is 1. The average molecular weight is 455 g/mol. The normalized spacial score (nSPS) is 21.0. The predicted octanol–water partition coefficient (Wildman–Crippen LogP) is 4.42. The Hall–Kier alpha value is -2.98. The van der Waals surface area contributed by atoms with Crippen LogP contribution in [0.5, 0.6) is 17.2 Å². The Morgan fingerprint density at radius 1 is 0.969 bits per heavy atom. The Labute approximate surface area is 183 Å². The van der Waals surface area contributed by atoms with Gasteiger partial charge in [0.2, 0.25) is 5.91 Å². The van der Waals surface area contributed by atoms with E-state index in [1.165, 1.54) is 20.3 Å². The zero-order valence-electron chi connectivity index (χ0n) is 18.0. The van der Waals surface area contributed by atoms with Gasteiger partial charge in [-0.3, -0.25) is 4.79 Å². The van der Waals surface area contributed by atoms with E-state index in [0.29, 0.717) is 17.1 Å². The molecule has 1 aliphatic heterocycles. The van der Waals surface area contributed by atoms with Crippen molar-refractivity contribution in [3.05, 3.63) is 47.5 Å². The van der Waals surface area contributed by atoms with Crippen molar-refractivity contribution in [2.24, 2.45) is 5.41 Å². The van der Waals surface area contributed by atoms with Crippen LogP contribution in [0.1, 0.15) is 24.3 Å². The smallest absolute Gasteiger partial charge is 0.420 e. The number of alkyl halides is 3. The van der Waals surface area contributed by atoms with Gasteiger partial charge in [-0.1, -0.05) is 6.07 Å². The SMILES string of the molecule is COc1ccc(C2OCC(C)(C(=O)Nc3ccc(OC)c(C(F)(F)F)c3)CO2)cc1OC. The Morgan fingerprint density at radius 3 is 2.12 bits per heavy atom. The largest absolute Gasteiger partial charge is 0.496 e. The minimum atomic E-state index is -4.63. The molecule has 0 bridgehead atoms. The Kier molecular flexibility index (Phi) is 6.85. The number of benzene rings is 2. The number of carbonyl (C=O) groups excluding carboxylic acids is 1. The van der Waals surface area contributed by atoms with E-state index in [4.69, 9.17) is 23.7 Å². The van der Waals surface area contributed by atoms with E-state index in [1.54, 1.807) is 25.1 Å². The molecule has 0 unspecified atom stereocenters. The van der Waals surface area contributed by atoms with Crippen LogP contribution in [0.4, 0.5) is 18.9 Å². The number of amides is 1. The fourth-order valence-electron chi connectivity index (χ4n) is 3.22. The maximum atomic E-state index is 13.2. The summed E-state index contributed by atoms with van der Waals surface area (Å²) >= 11 is 0. The molecule has 1 N–H and O–H groups in total. The maximum Gasteiger partial charge on any atom is 0.420 e. The first kappa shape index (κ1) is 23.7. The fraction of sp³-hybridized carbons (Fsp3) is 0.409. The lowest BCUT2D eigenvalue weighted by Crippen LogP contribution is -2.45. The van der Waals surface area contributed by atoms with Crippen molar-refractivity contribution in [2.75, 3.05) is 39.9 Å². The summed E-state index contributed by atoms with van der Waals surface area (Å²) in [6.07, 6.45) is -5.35. The molecule has 1 heterocycles. The molecule has 0 radical (unpaired) electrons. The van der Waals surface area contributed by atoms with Crippen LogP contribution in [0.15, 0.2) is 36.4 Å². The van der Waals surface area contributed by atoms with Crippen LogP contribution in [0.3, 0.4) is 0 Å². The first-order valence-corrected chi connectivity index (χ1v) is 9.63. The number of halogens is 3. The number of methoxy groups -OCH3 is 3. The second-order valence-electron chi connectivity index (χ2n) is 7.50. The molecule has 0 atom stereocenters. The number of rotatable bonds is 6. The van der Waals surface area contributed by atoms with Gasteiger partial charge < -0.3 is 29.0 Å². The summed E-state index contributed by atoms with van der Waals surface area (Å²) in [6, 6.07) is 8.50. The molecule has 2 aromatic carbocycles. The topological polar surface area (TPSA) is 75.3 Å². The summed E-state index contributed by atoms with van der Waals surface area (Å²) in [5, 5.41) is 2.51. The minimum Gasteiger partial charge on any atom is -0.496 e. The van der Waals surface area contributed by atoms with Crippen molar-refractivity contribution in [2.45, 2.75) is 19.4 Å². The van der Waals surface area contributed by atoms with E-state index in [9.17, 15) is 18.0 Å². The number of carbonyl (C=O) groups is 1. The monoisotopic (exact) mass is 455 g/mol. The minimum absolute atomic E-state index is 0.000126. The van der Waals surface area contributed by atoms with Gasteiger partial charge in [0.05, 0.1) is 45.5 Å². The number of anilines is 1. The lowest BCUT2D eigenvalue weighted by atomic mass is 9.90. The van der Waals surface area contributed by atoms with E-state index in [0.717, 1.165) is 19.2 Å². The molecular weight excluding hydrogens is 431 g/mol. The maximum absolute atomic E-state index is 13.2. The molecule has 1 aliphatic rings. The predicted molar refractivity (Wildman–Crippen MR) is 109 cm³/mol. The van der Waals surface area contributed by atoms with Crippen molar-refractivity contribution >= 4 is 11.6 Å². The van der Waals surface area contributed by atoms with Gasteiger partial charge in [-0.05, 0) is 37.3 Å². The second-order valence-corrected chi connectivity index (χ2v) is 7.50. The highest BCUT2D eigenvalue weighted by atomic mass is 19.4.